The van der Waals surface area contributed by atoms with Gasteiger partial charge in [0.1, 0.15) is 0 Å². The normalized spacial score (nSPS) is 10.9. The summed E-state index contributed by atoms with van der Waals surface area (Å²) in [6, 6.07) is 14.1. The molecule has 0 spiro atoms. The van der Waals surface area contributed by atoms with E-state index in [4.69, 9.17) is 4.98 Å². The van der Waals surface area contributed by atoms with Gasteiger partial charge in [0.05, 0.1) is 15.8 Å². The predicted molar refractivity (Wildman–Crippen MR) is 132 cm³/mol. The first kappa shape index (κ1) is 24.0. The molecule has 0 aliphatic carbocycles. The molecule has 1 amide bonds. The number of halogens is 1. The number of thioether (sulfide) groups is 2. The number of aromatic nitrogens is 1. The van der Waals surface area contributed by atoms with Gasteiger partial charge < -0.3 is 4.90 Å². The Morgan fingerprint density at radius 3 is 2.59 bits per heavy atom. The number of anilines is 1. The summed E-state index contributed by atoms with van der Waals surface area (Å²) in [6.45, 7) is 3.49. The molecular formula is C21H26ClN3OS3. The molecule has 156 valence electrons. The van der Waals surface area contributed by atoms with E-state index < -0.39 is 0 Å². The fraction of sp³-hybridized carbons (Fsp3) is 0.333. The number of carbonyl (C=O) groups excluding carboxylic acids is 1. The van der Waals surface area contributed by atoms with Gasteiger partial charge in [0.2, 0.25) is 0 Å². The molecule has 4 nitrogen and oxygen atoms in total. The topological polar surface area (TPSA) is 36.4 Å². The van der Waals surface area contributed by atoms with Crippen LogP contribution >= 0.6 is 47.3 Å². The number of rotatable bonds is 8. The minimum atomic E-state index is 0. The third-order valence-corrected chi connectivity index (χ3v) is 6.97. The maximum Gasteiger partial charge on any atom is 0.261 e. The zero-order valence-corrected chi connectivity index (χ0v) is 20.3. The molecule has 0 aliphatic heterocycles. The highest BCUT2D eigenvalue weighted by molar-refractivity contribution is 7.99. The molecular weight excluding hydrogens is 442 g/mol. The summed E-state index contributed by atoms with van der Waals surface area (Å²) in [7, 11) is 4.04. The van der Waals surface area contributed by atoms with Crippen molar-refractivity contribution in [2.45, 2.75) is 16.7 Å². The van der Waals surface area contributed by atoms with Gasteiger partial charge in [-0.05, 0) is 56.4 Å². The van der Waals surface area contributed by atoms with Crippen molar-refractivity contribution in [3.05, 3.63) is 48.0 Å². The van der Waals surface area contributed by atoms with Crippen LogP contribution in [0.4, 0.5) is 5.13 Å². The zero-order chi connectivity index (χ0) is 20.1. The summed E-state index contributed by atoms with van der Waals surface area (Å²) in [5.41, 5.74) is 1.69. The third kappa shape index (κ3) is 5.89. The second-order valence-corrected chi connectivity index (χ2v) is 9.71. The van der Waals surface area contributed by atoms with E-state index in [0.29, 0.717) is 6.54 Å². The van der Waals surface area contributed by atoms with Crippen molar-refractivity contribution in [1.82, 2.24) is 9.88 Å². The smallest absolute Gasteiger partial charge is 0.261 e. The molecule has 8 heteroatoms. The van der Waals surface area contributed by atoms with Crippen molar-refractivity contribution in [2.24, 2.45) is 0 Å². The maximum absolute atomic E-state index is 13.5. The molecule has 0 fully saturated rings. The average molecular weight is 468 g/mol. The first-order chi connectivity index (χ1) is 13.5. The molecule has 1 aromatic heterocycles. The van der Waals surface area contributed by atoms with Gasteiger partial charge in [-0.3, -0.25) is 9.69 Å². The van der Waals surface area contributed by atoms with Crippen molar-refractivity contribution >= 4 is 68.5 Å². The number of fused-ring (bicyclic) bond motifs is 1. The predicted octanol–water partition coefficient (Wildman–Crippen LogP) is 5.76. The van der Waals surface area contributed by atoms with Crippen LogP contribution in [0, 0.1) is 0 Å². The minimum Gasteiger partial charge on any atom is -0.308 e. The van der Waals surface area contributed by atoms with Gasteiger partial charge in [-0.25, -0.2) is 4.98 Å². The van der Waals surface area contributed by atoms with Crippen molar-refractivity contribution < 1.29 is 4.79 Å². The van der Waals surface area contributed by atoms with E-state index in [1.165, 1.54) is 4.90 Å². The number of likely N-dealkylation sites (N-methyl/N-ethyl adjacent to an activating group) is 1. The Morgan fingerprint density at radius 2 is 1.90 bits per heavy atom. The average Bonchev–Trinajstić information content (AvgIpc) is 3.11. The highest BCUT2D eigenvalue weighted by atomic mass is 35.5. The van der Waals surface area contributed by atoms with E-state index in [2.05, 4.69) is 30.2 Å². The quantitative estimate of drug-likeness (QED) is 0.393. The highest BCUT2D eigenvalue weighted by Crippen LogP contribution is 2.33. The maximum atomic E-state index is 13.5. The molecule has 0 bridgehead atoms. The van der Waals surface area contributed by atoms with E-state index in [-0.39, 0.29) is 18.3 Å². The second-order valence-electron chi connectivity index (χ2n) is 6.52. The van der Waals surface area contributed by atoms with E-state index >= 15 is 0 Å². The van der Waals surface area contributed by atoms with Gasteiger partial charge in [0.15, 0.2) is 5.13 Å². The Balaban J connectivity index is 0.00000300. The lowest BCUT2D eigenvalue weighted by atomic mass is 10.2. The van der Waals surface area contributed by atoms with Crippen LogP contribution in [0.25, 0.3) is 10.2 Å². The molecule has 29 heavy (non-hydrogen) atoms. The third-order valence-electron chi connectivity index (χ3n) is 4.25. The Hall–Kier alpha value is -1.25. The lowest BCUT2D eigenvalue weighted by molar-refractivity contribution is 0.0982. The fourth-order valence-corrected chi connectivity index (χ4v) is 5.13. The Morgan fingerprint density at radius 1 is 1.14 bits per heavy atom. The van der Waals surface area contributed by atoms with Crippen LogP contribution in [0.2, 0.25) is 0 Å². The first-order valence-electron chi connectivity index (χ1n) is 9.16. The molecule has 0 N–H and O–H groups in total. The standard InChI is InChI=1S/C21H25N3OS3.ClH/c1-5-27-18-9-7-6-8-16(18)20(25)24(13-12-23(2)3)21-22-17-11-10-15(26-4)14-19(17)28-21;/h6-11,14H,5,12-13H2,1-4H3;1H. The van der Waals surface area contributed by atoms with Gasteiger partial charge in [-0.1, -0.05) is 30.4 Å². The summed E-state index contributed by atoms with van der Waals surface area (Å²) >= 11 is 5.00. The van der Waals surface area contributed by atoms with Crippen LogP contribution < -0.4 is 4.90 Å². The van der Waals surface area contributed by atoms with Crippen LogP contribution in [0.1, 0.15) is 17.3 Å². The number of carbonyl (C=O) groups is 1. The number of thiazole rings is 1. The Bertz CT molecular complexity index is 961. The van der Waals surface area contributed by atoms with Gasteiger partial charge in [0, 0.05) is 22.9 Å². The summed E-state index contributed by atoms with van der Waals surface area (Å²) in [4.78, 5) is 24.4. The van der Waals surface area contributed by atoms with Crippen molar-refractivity contribution in [3.63, 3.8) is 0 Å². The van der Waals surface area contributed by atoms with Crippen LogP contribution in [0.3, 0.4) is 0 Å². The number of nitrogens with zero attached hydrogens (tertiary/aromatic N) is 3. The molecule has 0 unspecified atom stereocenters. The largest absolute Gasteiger partial charge is 0.308 e. The summed E-state index contributed by atoms with van der Waals surface area (Å²) in [5.74, 6) is 0.947. The number of benzene rings is 2. The number of amides is 1. The van der Waals surface area contributed by atoms with Gasteiger partial charge in [0.25, 0.3) is 5.91 Å². The molecule has 0 radical (unpaired) electrons. The zero-order valence-electron chi connectivity index (χ0n) is 17.0. The van der Waals surface area contributed by atoms with E-state index in [9.17, 15) is 4.79 Å². The first-order valence-corrected chi connectivity index (χ1v) is 12.2. The SMILES string of the molecule is CCSc1ccccc1C(=O)N(CCN(C)C)c1nc2ccc(SC)cc2s1.Cl. The monoisotopic (exact) mass is 467 g/mol. The molecule has 2 aromatic carbocycles. The van der Waals surface area contributed by atoms with Crippen LogP contribution in [-0.2, 0) is 0 Å². The molecule has 0 saturated carbocycles. The molecule has 3 aromatic rings. The van der Waals surface area contributed by atoms with E-state index in [1.807, 2.05) is 49.3 Å². The molecule has 0 saturated heterocycles. The minimum absolute atomic E-state index is 0. The Labute approximate surface area is 191 Å². The van der Waals surface area contributed by atoms with Crippen LogP contribution in [-0.4, -0.2) is 55.0 Å². The van der Waals surface area contributed by atoms with Crippen molar-refractivity contribution in [2.75, 3.05) is 44.1 Å². The van der Waals surface area contributed by atoms with Gasteiger partial charge in [-0.2, -0.15) is 0 Å². The van der Waals surface area contributed by atoms with E-state index in [1.54, 1.807) is 34.9 Å². The fourth-order valence-electron chi connectivity index (χ4n) is 2.79. The lowest BCUT2D eigenvalue weighted by Gasteiger charge is -2.23. The van der Waals surface area contributed by atoms with Gasteiger partial charge in [-0.15, -0.1) is 35.9 Å². The molecule has 0 atom stereocenters. The highest BCUT2D eigenvalue weighted by Gasteiger charge is 2.23. The molecule has 0 aliphatic rings. The van der Waals surface area contributed by atoms with Crippen molar-refractivity contribution in [3.8, 4) is 0 Å². The Kier molecular flexibility index (Phi) is 9.30. The molecule has 3 rings (SSSR count). The summed E-state index contributed by atoms with van der Waals surface area (Å²) < 4.78 is 1.11. The molecule has 1 heterocycles. The lowest BCUT2D eigenvalue weighted by Crippen LogP contribution is -2.37. The van der Waals surface area contributed by atoms with Gasteiger partial charge >= 0.3 is 0 Å². The summed E-state index contributed by atoms with van der Waals surface area (Å²) in [6.07, 6.45) is 2.07. The number of hydrogen-bond acceptors (Lipinski definition) is 6. The van der Waals surface area contributed by atoms with Crippen LogP contribution in [0.15, 0.2) is 52.3 Å². The summed E-state index contributed by atoms with van der Waals surface area (Å²) in [5, 5.41) is 0.761. The van der Waals surface area contributed by atoms with Crippen LogP contribution in [0.5, 0.6) is 0 Å². The second kappa shape index (κ2) is 11.2. The van der Waals surface area contributed by atoms with E-state index in [0.717, 1.165) is 38.1 Å². The number of hydrogen-bond donors (Lipinski definition) is 0. The van der Waals surface area contributed by atoms with Crippen molar-refractivity contribution in [1.29, 1.82) is 0 Å².